The molecule has 0 unspecified atom stereocenters. The predicted octanol–water partition coefficient (Wildman–Crippen LogP) is 2.00. The third kappa shape index (κ3) is 1.24. The first-order chi connectivity index (χ1) is 7.86. The number of rotatable bonds is 1. The highest BCUT2D eigenvalue weighted by atomic mass is 15.3. The molecule has 0 aliphatic rings. The zero-order valence-corrected chi connectivity index (χ0v) is 8.54. The normalized spacial score (nSPS) is 10.8. The molecule has 3 rings (SSSR count). The number of nitrogen functional groups attached to an aromatic ring is 1. The molecule has 0 bridgehead atoms. The van der Waals surface area contributed by atoms with Crippen molar-refractivity contribution in [3.8, 4) is 5.69 Å². The lowest BCUT2D eigenvalue weighted by Gasteiger charge is -2.01. The molecule has 0 spiro atoms. The molecule has 0 saturated heterocycles. The van der Waals surface area contributed by atoms with Gasteiger partial charge in [-0.1, -0.05) is 12.1 Å². The van der Waals surface area contributed by atoms with Gasteiger partial charge in [0, 0.05) is 17.8 Å². The fourth-order valence-corrected chi connectivity index (χ4v) is 1.77. The van der Waals surface area contributed by atoms with E-state index >= 15 is 0 Å². The van der Waals surface area contributed by atoms with Gasteiger partial charge >= 0.3 is 0 Å². The first kappa shape index (κ1) is 8.91. The molecule has 4 nitrogen and oxygen atoms in total. The van der Waals surface area contributed by atoms with Crippen LogP contribution in [0.5, 0.6) is 0 Å². The van der Waals surface area contributed by atoms with Gasteiger partial charge in [0.2, 0.25) is 0 Å². The third-order valence-electron chi connectivity index (χ3n) is 2.52. The Hall–Kier alpha value is -2.36. The van der Waals surface area contributed by atoms with Crippen LogP contribution in [0.15, 0.2) is 48.8 Å². The van der Waals surface area contributed by atoms with Crippen LogP contribution in [0.4, 0.5) is 5.82 Å². The van der Waals surface area contributed by atoms with Gasteiger partial charge in [0.25, 0.3) is 0 Å². The Morgan fingerprint density at radius 3 is 2.56 bits per heavy atom. The second kappa shape index (κ2) is 3.34. The van der Waals surface area contributed by atoms with Crippen molar-refractivity contribution >= 4 is 16.7 Å². The van der Waals surface area contributed by atoms with E-state index < -0.39 is 0 Å². The monoisotopic (exact) mass is 210 g/mol. The van der Waals surface area contributed by atoms with Crippen LogP contribution in [0.3, 0.4) is 0 Å². The highest BCUT2D eigenvalue weighted by Gasteiger charge is 2.07. The third-order valence-corrected chi connectivity index (χ3v) is 2.52. The molecule has 0 atom stereocenters. The van der Waals surface area contributed by atoms with Crippen molar-refractivity contribution in [3.63, 3.8) is 0 Å². The maximum Gasteiger partial charge on any atom is 0.153 e. The number of nitrogens with zero attached hydrogens (tertiary/aromatic N) is 3. The molecule has 0 saturated carbocycles. The summed E-state index contributed by atoms with van der Waals surface area (Å²) in [5, 5.41) is 5.30. The minimum Gasteiger partial charge on any atom is -0.382 e. The average molecular weight is 210 g/mol. The summed E-state index contributed by atoms with van der Waals surface area (Å²) in [4.78, 5) is 3.99. The van der Waals surface area contributed by atoms with E-state index in [-0.39, 0.29) is 0 Å². The van der Waals surface area contributed by atoms with E-state index in [2.05, 4.69) is 10.1 Å². The summed E-state index contributed by atoms with van der Waals surface area (Å²) >= 11 is 0. The van der Waals surface area contributed by atoms with E-state index in [4.69, 9.17) is 5.73 Å². The SMILES string of the molecule is Nc1nn(-c2ccncc2)c2ccccc12. The molecule has 2 heterocycles. The lowest BCUT2D eigenvalue weighted by atomic mass is 10.2. The summed E-state index contributed by atoms with van der Waals surface area (Å²) in [6, 6.07) is 11.7. The molecule has 0 aliphatic carbocycles. The predicted molar refractivity (Wildman–Crippen MR) is 63.3 cm³/mol. The summed E-state index contributed by atoms with van der Waals surface area (Å²) in [7, 11) is 0. The maximum atomic E-state index is 5.87. The van der Waals surface area contributed by atoms with Gasteiger partial charge in [-0.25, -0.2) is 4.68 Å². The summed E-state index contributed by atoms with van der Waals surface area (Å²) in [5.74, 6) is 0.549. The Labute approximate surface area is 92.3 Å². The molecule has 0 fully saturated rings. The quantitative estimate of drug-likeness (QED) is 0.668. The Balaban J connectivity index is 2.33. The Bertz CT molecular complexity index is 628. The van der Waals surface area contributed by atoms with Gasteiger partial charge in [0.1, 0.15) is 0 Å². The van der Waals surface area contributed by atoms with Crippen molar-refractivity contribution in [2.45, 2.75) is 0 Å². The van der Waals surface area contributed by atoms with E-state index in [9.17, 15) is 0 Å². The van der Waals surface area contributed by atoms with E-state index in [1.807, 2.05) is 41.1 Å². The number of aromatic nitrogens is 3. The number of benzene rings is 1. The molecule has 4 heteroatoms. The number of pyridine rings is 1. The van der Waals surface area contributed by atoms with Crippen molar-refractivity contribution < 1.29 is 0 Å². The molecular formula is C12H10N4. The molecule has 0 aliphatic heterocycles. The Kier molecular flexibility index (Phi) is 1.86. The van der Waals surface area contributed by atoms with Gasteiger partial charge in [-0.2, -0.15) is 0 Å². The molecule has 0 amide bonds. The van der Waals surface area contributed by atoms with Crippen LogP contribution in [0.2, 0.25) is 0 Å². The molecule has 0 radical (unpaired) electrons. The number of hydrogen-bond acceptors (Lipinski definition) is 3. The Morgan fingerprint density at radius 2 is 1.75 bits per heavy atom. The molecule has 2 aromatic heterocycles. The summed E-state index contributed by atoms with van der Waals surface area (Å²) in [6.07, 6.45) is 3.48. The van der Waals surface area contributed by atoms with Gasteiger partial charge in [0.15, 0.2) is 5.82 Å². The molecular weight excluding hydrogens is 200 g/mol. The van der Waals surface area contributed by atoms with Crippen LogP contribution in [-0.4, -0.2) is 14.8 Å². The lowest BCUT2D eigenvalue weighted by molar-refractivity contribution is 0.913. The molecule has 78 valence electrons. The minimum absolute atomic E-state index is 0.549. The number of anilines is 1. The number of para-hydroxylation sites is 1. The van der Waals surface area contributed by atoms with Crippen LogP contribution in [0.25, 0.3) is 16.6 Å². The van der Waals surface area contributed by atoms with E-state index in [0.29, 0.717) is 5.82 Å². The topological polar surface area (TPSA) is 56.7 Å². The Morgan fingerprint density at radius 1 is 1.00 bits per heavy atom. The standard InChI is InChI=1S/C12H10N4/c13-12-10-3-1-2-4-11(10)16(15-12)9-5-7-14-8-6-9/h1-8H,(H2,13,15). The summed E-state index contributed by atoms with van der Waals surface area (Å²) < 4.78 is 1.83. The van der Waals surface area contributed by atoms with Gasteiger partial charge < -0.3 is 5.73 Å². The second-order valence-corrected chi connectivity index (χ2v) is 3.52. The second-order valence-electron chi connectivity index (χ2n) is 3.52. The first-order valence-electron chi connectivity index (χ1n) is 5.00. The van der Waals surface area contributed by atoms with E-state index in [1.54, 1.807) is 12.4 Å². The minimum atomic E-state index is 0.549. The fraction of sp³-hybridized carbons (Fsp3) is 0. The van der Waals surface area contributed by atoms with Crippen LogP contribution in [0, 0.1) is 0 Å². The van der Waals surface area contributed by atoms with E-state index in [1.165, 1.54) is 0 Å². The highest BCUT2D eigenvalue weighted by Crippen LogP contribution is 2.22. The van der Waals surface area contributed by atoms with Crippen molar-refractivity contribution in [3.05, 3.63) is 48.8 Å². The smallest absolute Gasteiger partial charge is 0.153 e. The van der Waals surface area contributed by atoms with E-state index in [0.717, 1.165) is 16.6 Å². The maximum absolute atomic E-state index is 5.87. The highest BCUT2D eigenvalue weighted by molar-refractivity contribution is 5.90. The zero-order valence-electron chi connectivity index (χ0n) is 8.54. The van der Waals surface area contributed by atoms with Crippen LogP contribution < -0.4 is 5.73 Å². The molecule has 2 N–H and O–H groups in total. The molecule has 1 aromatic carbocycles. The fourth-order valence-electron chi connectivity index (χ4n) is 1.77. The van der Waals surface area contributed by atoms with Crippen molar-refractivity contribution in [2.24, 2.45) is 0 Å². The molecule has 16 heavy (non-hydrogen) atoms. The van der Waals surface area contributed by atoms with Crippen LogP contribution in [-0.2, 0) is 0 Å². The number of hydrogen-bond donors (Lipinski definition) is 1. The summed E-state index contributed by atoms with van der Waals surface area (Å²) in [6.45, 7) is 0. The summed E-state index contributed by atoms with van der Waals surface area (Å²) in [5.41, 5.74) is 7.83. The number of fused-ring (bicyclic) bond motifs is 1. The van der Waals surface area contributed by atoms with Crippen LogP contribution in [0.1, 0.15) is 0 Å². The van der Waals surface area contributed by atoms with Crippen molar-refractivity contribution in [1.82, 2.24) is 14.8 Å². The van der Waals surface area contributed by atoms with Gasteiger partial charge in [-0.05, 0) is 24.3 Å². The van der Waals surface area contributed by atoms with Gasteiger partial charge in [-0.15, -0.1) is 5.10 Å². The zero-order chi connectivity index (χ0) is 11.0. The first-order valence-corrected chi connectivity index (χ1v) is 5.00. The van der Waals surface area contributed by atoms with Crippen molar-refractivity contribution in [2.75, 3.05) is 5.73 Å². The van der Waals surface area contributed by atoms with Crippen molar-refractivity contribution in [1.29, 1.82) is 0 Å². The largest absolute Gasteiger partial charge is 0.382 e. The van der Waals surface area contributed by atoms with Gasteiger partial charge in [-0.3, -0.25) is 4.98 Å². The van der Waals surface area contributed by atoms with Gasteiger partial charge in [0.05, 0.1) is 11.2 Å². The number of nitrogens with two attached hydrogens (primary N) is 1. The lowest BCUT2D eigenvalue weighted by Crippen LogP contribution is -1.96. The van der Waals surface area contributed by atoms with Crippen LogP contribution >= 0.6 is 0 Å². The molecule has 3 aromatic rings. The average Bonchev–Trinajstić information content (AvgIpc) is 2.69.